The summed E-state index contributed by atoms with van der Waals surface area (Å²) in [4.78, 5) is 59.5. The van der Waals surface area contributed by atoms with Gasteiger partial charge in [-0.15, -0.1) is 0 Å². The highest BCUT2D eigenvalue weighted by molar-refractivity contribution is 5.90. The van der Waals surface area contributed by atoms with Crippen molar-refractivity contribution in [2.24, 2.45) is 0 Å². The lowest BCUT2D eigenvalue weighted by atomic mass is 10.1. The van der Waals surface area contributed by atoms with Crippen LogP contribution in [0.5, 0.6) is 28.7 Å². The van der Waals surface area contributed by atoms with Gasteiger partial charge in [0.15, 0.2) is 0 Å². The lowest BCUT2D eigenvalue weighted by Crippen LogP contribution is -2.11. The quantitative estimate of drug-likeness (QED) is 0.0492. The summed E-state index contributed by atoms with van der Waals surface area (Å²) < 4.78 is 78.2. The molecule has 0 aliphatic rings. The van der Waals surface area contributed by atoms with E-state index in [1.807, 2.05) is 0 Å². The van der Waals surface area contributed by atoms with Crippen molar-refractivity contribution in [3.05, 3.63) is 168 Å². The third-order valence-corrected chi connectivity index (χ3v) is 6.68. The maximum absolute atomic E-state index is 13.7. The summed E-state index contributed by atoms with van der Waals surface area (Å²) in [5.74, 6) is -1.78. The van der Waals surface area contributed by atoms with E-state index in [2.05, 4.69) is 50.0 Å². The van der Waals surface area contributed by atoms with Gasteiger partial charge >= 0.3 is 29.8 Å². The molecule has 0 saturated carbocycles. The minimum Gasteiger partial charge on any atom is -0.423 e. The van der Waals surface area contributed by atoms with E-state index in [9.17, 15) is 41.5 Å². The van der Waals surface area contributed by atoms with Crippen molar-refractivity contribution in [3.63, 3.8) is 0 Å². The molecule has 4 aromatic carbocycles. The van der Waals surface area contributed by atoms with Crippen molar-refractivity contribution < 1.29 is 65.2 Å². The number of benzene rings is 4. The molecule has 0 aliphatic carbocycles. The van der Waals surface area contributed by atoms with Crippen LogP contribution >= 0.6 is 0 Å². The molecule has 0 unspecified atom stereocenters. The van der Waals surface area contributed by atoms with Gasteiger partial charge in [-0.25, -0.2) is 24.0 Å². The number of hydrogen-bond donors (Lipinski definition) is 0. The average Bonchev–Trinajstić information content (AvgIpc) is 3.17. The lowest BCUT2D eigenvalue weighted by molar-refractivity contribution is -0.132. The van der Waals surface area contributed by atoms with Crippen LogP contribution in [0.15, 0.2) is 141 Å². The molecule has 0 radical (unpaired) electrons. The summed E-state index contributed by atoms with van der Waals surface area (Å²) in [6.07, 6.45) is 2.53. The number of carbonyl (C=O) groups excluding carboxylic acids is 5. The molecule has 4 aromatic rings. The SMILES string of the molecule is C=C(F)C(=O)Oc1ccc(C#Cc2cc(OC(=O)C(=C)F)c(C#Cc3ccc(C=CC(=O)Oc4cccc(OC(=O)C(=C)F)c4)cc3)cc2OC(=O)C(=C)F)cc1. The van der Waals surface area contributed by atoms with Gasteiger partial charge in [0.1, 0.15) is 28.7 Å². The van der Waals surface area contributed by atoms with Crippen molar-refractivity contribution in [2.75, 3.05) is 0 Å². The number of ether oxygens (including phenoxy) is 5. The first kappa shape index (κ1) is 41.5. The zero-order valence-electron chi connectivity index (χ0n) is 29.2. The molecule has 0 bridgehead atoms. The van der Waals surface area contributed by atoms with Gasteiger partial charge in [0, 0.05) is 35.4 Å². The summed E-state index contributed by atoms with van der Waals surface area (Å²) in [7, 11) is 0. The van der Waals surface area contributed by atoms with Gasteiger partial charge in [-0.05, 0) is 60.2 Å². The standard InChI is InChI=1S/C43H24F4O10/c1-25(44)40(49)54-34-19-14-31(15-20-34)13-18-33-23-37(56-42(51)27(3)46)32(22-38(33)57-43(52)28(4)47)17-12-29-8-10-30(11-9-29)16-21-39(48)53-35-6-5-7-36(24-35)55-41(50)26(2)45/h5-11,14-16,19-24H,1-4H2. The largest absolute Gasteiger partial charge is 0.423 e. The van der Waals surface area contributed by atoms with Crippen molar-refractivity contribution in [1.29, 1.82) is 0 Å². The Labute approximate surface area is 321 Å². The van der Waals surface area contributed by atoms with E-state index >= 15 is 0 Å². The normalized spacial score (nSPS) is 10.0. The molecule has 284 valence electrons. The molecule has 0 saturated heterocycles. The Bertz CT molecular complexity index is 2490. The molecule has 0 amide bonds. The Balaban J connectivity index is 1.59. The summed E-state index contributed by atoms with van der Waals surface area (Å²) in [5, 5.41) is 0. The highest BCUT2D eigenvalue weighted by atomic mass is 19.1. The minimum absolute atomic E-state index is 0.0122. The van der Waals surface area contributed by atoms with Crippen LogP contribution in [0.4, 0.5) is 17.6 Å². The number of hydrogen-bond acceptors (Lipinski definition) is 10. The average molecular weight is 777 g/mol. The van der Waals surface area contributed by atoms with Crippen molar-refractivity contribution in [3.8, 4) is 52.4 Å². The topological polar surface area (TPSA) is 132 Å². The molecule has 10 nitrogen and oxygen atoms in total. The van der Waals surface area contributed by atoms with Gasteiger partial charge < -0.3 is 23.7 Å². The predicted molar refractivity (Wildman–Crippen MR) is 196 cm³/mol. The van der Waals surface area contributed by atoms with Crippen molar-refractivity contribution in [2.45, 2.75) is 0 Å². The Morgan fingerprint density at radius 3 is 1.33 bits per heavy atom. The first-order chi connectivity index (χ1) is 27.1. The number of esters is 5. The van der Waals surface area contributed by atoms with Gasteiger partial charge in [-0.3, -0.25) is 0 Å². The smallest absolute Gasteiger partial charge is 0.371 e. The summed E-state index contributed by atoms with van der Waals surface area (Å²) in [6, 6.07) is 19.2. The molecular formula is C43H24F4O10. The van der Waals surface area contributed by atoms with Crippen molar-refractivity contribution in [1.82, 2.24) is 0 Å². The molecule has 0 spiro atoms. The van der Waals surface area contributed by atoms with Crippen LogP contribution in [0.1, 0.15) is 27.8 Å². The van der Waals surface area contributed by atoms with E-state index in [0.717, 1.165) is 18.2 Å². The van der Waals surface area contributed by atoms with Crippen LogP contribution in [0.3, 0.4) is 0 Å². The van der Waals surface area contributed by atoms with E-state index in [-0.39, 0.29) is 39.9 Å². The fraction of sp³-hybridized carbons (Fsp3) is 0. The Morgan fingerprint density at radius 2 is 0.877 bits per heavy atom. The summed E-state index contributed by atoms with van der Waals surface area (Å²) >= 11 is 0. The first-order valence-corrected chi connectivity index (χ1v) is 15.8. The van der Waals surface area contributed by atoms with E-state index in [1.54, 1.807) is 24.3 Å². The highest BCUT2D eigenvalue weighted by Crippen LogP contribution is 2.30. The van der Waals surface area contributed by atoms with E-state index < -0.39 is 53.2 Å². The first-order valence-electron chi connectivity index (χ1n) is 15.8. The second-order valence-corrected chi connectivity index (χ2v) is 10.9. The number of carbonyl (C=O) groups is 5. The highest BCUT2D eigenvalue weighted by Gasteiger charge is 2.19. The Hall–Kier alpha value is -8.23. The van der Waals surface area contributed by atoms with E-state index in [1.165, 1.54) is 54.6 Å². The minimum atomic E-state index is -1.48. The fourth-order valence-corrected chi connectivity index (χ4v) is 4.04. The molecule has 0 heterocycles. The van der Waals surface area contributed by atoms with Crippen LogP contribution in [0.2, 0.25) is 0 Å². The fourth-order valence-electron chi connectivity index (χ4n) is 4.04. The van der Waals surface area contributed by atoms with Crippen LogP contribution in [-0.2, 0) is 24.0 Å². The van der Waals surface area contributed by atoms with Gasteiger partial charge in [-0.2, -0.15) is 17.6 Å². The lowest BCUT2D eigenvalue weighted by Gasteiger charge is -2.11. The zero-order valence-corrected chi connectivity index (χ0v) is 29.2. The monoisotopic (exact) mass is 776 g/mol. The predicted octanol–water partition coefficient (Wildman–Crippen LogP) is 7.66. The van der Waals surface area contributed by atoms with E-state index in [0.29, 0.717) is 16.7 Å². The van der Waals surface area contributed by atoms with Crippen LogP contribution < -0.4 is 23.7 Å². The third kappa shape index (κ3) is 12.7. The Kier molecular flexibility index (Phi) is 14.0. The summed E-state index contributed by atoms with van der Waals surface area (Å²) in [5.41, 5.74) is 0.924. The molecule has 14 heteroatoms. The molecule has 57 heavy (non-hydrogen) atoms. The van der Waals surface area contributed by atoms with Crippen molar-refractivity contribution >= 4 is 35.9 Å². The molecule has 0 N–H and O–H groups in total. The maximum atomic E-state index is 13.7. The molecule has 0 atom stereocenters. The van der Waals surface area contributed by atoms with Gasteiger partial charge in [0.2, 0.25) is 23.3 Å². The van der Waals surface area contributed by atoms with Crippen LogP contribution in [0.25, 0.3) is 6.08 Å². The Morgan fingerprint density at radius 1 is 0.474 bits per heavy atom. The number of halogens is 4. The third-order valence-electron chi connectivity index (χ3n) is 6.68. The maximum Gasteiger partial charge on any atom is 0.371 e. The van der Waals surface area contributed by atoms with E-state index in [4.69, 9.17) is 23.7 Å². The zero-order chi connectivity index (χ0) is 41.6. The van der Waals surface area contributed by atoms with Crippen LogP contribution in [0, 0.1) is 23.7 Å². The molecular weight excluding hydrogens is 752 g/mol. The second kappa shape index (κ2) is 19.2. The van der Waals surface area contributed by atoms with Gasteiger partial charge in [0.25, 0.3) is 0 Å². The molecule has 0 aromatic heterocycles. The second-order valence-electron chi connectivity index (χ2n) is 10.9. The van der Waals surface area contributed by atoms with Crippen LogP contribution in [-0.4, -0.2) is 29.8 Å². The molecule has 0 aliphatic heterocycles. The summed E-state index contributed by atoms with van der Waals surface area (Å²) in [6.45, 7) is 11.5. The number of rotatable bonds is 11. The van der Waals surface area contributed by atoms with Gasteiger partial charge in [0.05, 0.1) is 11.1 Å². The van der Waals surface area contributed by atoms with Gasteiger partial charge in [-0.1, -0.05) is 68.2 Å². The molecule has 4 rings (SSSR count). The molecule has 0 fully saturated rings.